The minimum Gasteiger partial charge on any atom is -0.342 e. The van der Waals surface area contributed by atoms with Crippen molar-refractivity contribution >= 4 is 29.3 Å². The second-order valence-electron chi connectivity index (χ2n) is 5.12. The summed E-state index contributed by atoms with van der Waals surface area (Å²) in [5, 5.41) is 11.1. The Labute approximate surface area is 135 Å². The average Bonchev–Trinajstić information content (AvgIpc) is 2.49. The smallest absolute Gasteiger partial charge is 0.270 e. The number of hydrogen-bond donors (Lipinski definition) is 0. The molecule has 0 radical (unpaired) electrons. The van der Waals surface area contributed by atoms with Gasteiger partial charge in [0.25, 0.3) is 5.69 Å². The molecule has 0 aliphatic rings. The predicted octanol–water partition coefficient (Wildman–Crippen LogP) is 4.30. The maximum atomic E-state index is 12.0. The van der Waals surface area contributed by atoms with Crippen molar-refractivity contribution in [2.75, 3.05) is 13.6 Å². The molecule has 0 fully saturated rings. The molecule has 1 amide bonds. The normalized spacial score (nSPS) is 10.9. The number of halogens is 1. The van der Waals surface area contributed by atoms with Crippen molar-refractivity contribution in [2.24, 2.45) is 0 Å². The van der Waals surface area contributed by atoms with Crippen molar-refractivity contribution in [1.82, 2.24) is 4.90 Å². The molecule has 6 heteroatoms. The van der Waals surface area contributed by atoms with Crippen LogP contribution >= 0.6 is 11.6 Å². The van der Waals surface area contributed by atoms with E-state index in [0.29, 0.717) is 17.1 Å². The fourth-order valence-electron chi connectivity index (χ4n) is 1.95. The van der Waals surface area contributed by atoms with E-state index in [2.05, 4.69) is 6.92 Å². The van der Waals surface area contributed by atoms with Crippen LogP contribution in [0.3, 0.4) is 0 Å². The van der Waals surface area contributed by atoms with Crippen molar-refractivity contribution in [3.8, 4) is 0 Å². The van der Waals surface area contributed by atoms with Crippen molar-refractivity contribution in [2.45, 2.75) is 32.6 Å². The number of rotatable bonds is 8. The van der Waals surface area contributed by atoms with E-state index in [1.165, 1.54) is 36.8 Å². The van der Waals surface area contributed by atoms with E-state index in [0.717, 1.165) is 19.3 Å². The molecule has 0 heterocycles. The number of nitrogens with zero attached hydrogens (tertiary/aromatic N) is 2. The zero-order valence-corrected chi connectivity index (χ0v) is 13.7. The summed E-state index contributed by atoms with van der Waals surface area (Å²) >= 11 is 5.98. The molecule has 120 valence electrons. The highest BCUT2D eigenvalue weighted by molar-refractivity contribution is 6.32. The van der Waals surface area contributed by atoms with Crippen molar-refractivity contribution in [1.29, 1.82) is 0 Å². The minimum atomic E-state index is -0.491. The van der Waals surface area contributed by atoms with Crippen molar-refractivity contribution < 1.29 is 9.72 Å². The maximum absolute atomic E-state index is 12.0. The van der Waals surface area contributed by atoms with Crippen LogP contribution in [0.25, 0.3) is 6.08 Å². The lowest BCUT2D eigenvalue weighted by Crippen LogP contribution is -2.25. The number of nitro groups is 1. The molecular formula is C16H21ClN2O3. The number of benzene rings is 1. The Balaban J connectivity index is 2.65. The molecule has 0 bridgehead atoms. The van der Waals surface area contributed by atoms with Crippen LogP contribution in [0, 0.1) is 10.1 Å². The summed E-state index contributed by atoms with van der Waals surface area (Å²) in [7, 11) is 1.74. The van der Waals surface area contributed by atoms with E-state index in [1.807, 2.05) is 0 Å². The lowest BCUT2D eigenvalue weighted by Gasteiger charge is -2.14. The number of hydrogen-bond acceptors (Lipinski definition) is 3. The van der Waals surface area contributed by atoms with Gasteiger partial charge in [0.1, 0.15) is 0 Å². The molecule has 0 atom stereocenters. The monoisotopic (exact) mass is 324 g/mol. The Hall–Kier alpha value is -1.88. The molecule has 1 aromatic rings. The number of unbranched alkanes of at least 4 members (excludes halogenated alkanes) is 3. The van der Waals surface area contributed by atoms with E-state index < -0.39 is 4.92 Å². The lowest BCUT2D eigenvalue weighted by atomic mass is 10.2. The summed E-state index contributed by atoms with van der Waals surface area (Å²) in [4.78, 5) is 23.9. The summed E-state index contributed by atoms with van der Waals surface area (Å²) in [5.41, 5.74) is 0.410. The van der Waals surface area contributed by atoms with Crippen LogP contribution in [0.2, 0.25) is 5.02 Å². The van der Waals surface area contributed by atoms with Crippen LogP contribution in [0.1, 0.15) is 38.2 Å². The molecule has 5 nitrogen and oxygen atoms in total. The molecule has 0 saturated carbocycles. The summed E-state index contributed by atoms with van der Waals surface area (Å²) in [6, 6.07) is 4.15. The number of carbonyl (C=O) groups is 1. The van der Waals surface area contributed by atoms with Crippen LogP contribution in [-0.2, 0) is 4.79 Å². The molecule has 1 rings (SSSR count). The van der Waals surface area contributed by atoms with E-state index in [1.54, 1.807) is 11.9 Å². The first-order valence-corrected chi connectivity index (χ1v) is 7.70. The SMILES string of the molecule is CCCCCCN(C)C(=O)C=Cc1cc([N+](=O)[O-])ccc1Cl. The Bertz CT molecular complexity index is 558. The second kappa shape index (κ2) is 9.20. The predicted molar refractivity (Wildman–Crippen MR) is 88.9 cm³/mol. The third-order valence-corrected chi connectivity index (χ3v) is 3.66. The molecule has 0 aromatic heterocycles. The van der Waals surface area contributed by atoms with Gasteiger partial charge in [-0.15, -0.1) is 0 Å². The van der Waals surface area contributed by atoms with Gasteiger partial charge in [0, 0.05) is 42.4 Å². The molecule has 0 aliphatic carbocycles. The largest absolute Gasteiger partial charge is 0.342 e. The van der Waals surface area contributed by atoms with Gasteiger partial charge in [0.05, 0.1) is 4.92 Å². The summed E-state index contributed by atoms with van der Waals surface area (Å²) in [6.45, 7) is 2.84. The molecule has 0 saturated heterocycles. The van der Waals surface area contributed by atoms with Gasteiger partial charge in [-0.25, -0.2) is 0 Å². The molecular weight excluding hydrogens is 304 g/mol. The highest BCUT2D eigenvalue weighted by atomic mass is 35.5. The molecule has 1 aromatic carbocycles. The first-order chi connectivity index (χ1) is 10.5. The maximum Gasteiger partial charge on any atom is 0.270 e. The number of non-ortho nitro benzene ring substituents is 1. The second-order valence-corrected chi connectivity index (χ2v) is 5.52. The summed E-state index contributed by atoms with van der Waals surface area (Å²) in [6.07, 6.45) is 7.31. The summed E-state index contributed by atoms with van der Waals surface area (Å²) in [5.74, 6) is -0.140. The number of nitro benzene ring substituents is 1. The van der Waals surface area contributed by atoms with E-state index in [-0.39, 0.29) is 11.6 Å². The fourth-order valence-corrected chi connectivity index (χ4v) is 2.13. The van der Waals surface area contributed by atoms with E-state index >= 15 is 0 Å². The third-order valence-electron chi connectivity index (χ3n) is 3.32. The quantitative estimate of drug-likeness (QED) is 0.310. The minimum absolute atomic E-state index is 0.0515. The lowest BCUT2D eigenvalue weighted by molar-refractivity contribution is -0.384. The Morgan fingerprint density at radius 2 is 2.09 bits per heavy atom. The van der Waals surface area contributed by atoms with Gasteiger partial charge in [0.15, 0.2) is 0 Å². The van der Waals surface area contributed by atoms with Gasteiger partial charge in [-0.3, -0.25) is 14.9 Å². The van der Waals surface area contributed by atoms with E-state index in [4.69, 9.17) is 11.6 Å². The number of likely N-dealkylation sites (N-methyl/N-ethyl adjacent to an activating group) is 1. The Morgan fingerprint density at radius 1 is 1.36 bits per heavy atom. The van der Waals surface area contributed by atoms with Gasteiger partial charge in [-0.1, -0.05) is 37.8 Å². The first kappa shape index (κ1) is 18.2. The topological polar surface area (TPSA) is 63.5 Å². The Morgan fingerprint density at radius 3 is 2.73 bits per heavy atom. The van der Waals surface area contributed by atoms with Crippen LogP contribution in [0.15, 0.2) is 24.3 Å². The van der Waals surface area contributed by atoms with Crippen molar-refractivity contribution in [3.05, 3.63) is 45.0 Å². The molecule has 0 N–H and O–H groups in total. The van der Waals surface area contributed by atoms with Crippen LogP contribution in [-0.4, -0.2) is 29.3 Å². The number of amides is 1. The van der Waals surface area contributed by atoms with Gasteiger partial charge < -0.3 is 4.90 Å². The molecule has 0 unspecified atom stereocenters. The van der Waals surface area contributed by atoms with Crippen LogP contribution < -0.4 is 0 Å². The van der Waals surface area contributed by atoms with Crippen molar-refractivity contribution in [3.63, 3.8) is 0 Å². The fraction of sp³-hybridized carbons (Fsp3) is 0.438. The van der Waals surface area contributed by atoms with Crippen LogP contribution in [0.4, 0.5) is 5.69 Å². The van der Waals surface area contributed by atoms with Gasteiger partial charge in [-0.05, 0) is 18.6 Å². The third kappa shape index (κ3) is 5.85. The average molecular weight is 325 g/mol. The molecule has 22 heavy (non-hydrogen) atoms. The van der Waals surface area contributed by atoms with Gasteiger partial charge in [0.2, 0.25) is 5.91 Å². The van der Waals surface area contributed by atoms with E-state index in [9.17, 15) is 14.9 Å². The first-order valence-electron chi connectivity index (χ1n) is 7.32. The van der Waals surface area contributed by atoms with Gasteiger partial charge in [-0.2, -0.15) is 0 Å². The zero-order valence-electron chi connectivity index (χ0n) is 12.9. The highest BCUT2D eigenvalue weighted by Crippen LogP contribution is 2.23. The molecule has 0 aliphatic heterocycles. The standard InChI is InChI=1S/C16H21ClN2O3/c1-3-4-5-6-11-18(2)16(20)10-7-13-12-14(19(21)22)8-9-15(13)17/h7-10,12H,3-6,11H2,1-2H3. The Kier molecular flexibility index (Phi) is 7.60. The molecule has 0 spiro atoms. The van der Waals surface area contributed by atoms with Gasteiger partial charge >= 0.3 is 0 Å². The highest BCUT2D eigenvalue weighted by Gasteiger charge is 2.09. The number of carbonyl (C=O) groups excluding carboxylic acids is 1. The van der Waals surface area contributed by atoms with Crippen LogP contribution in [0.5, 0.6) is 0 Å². The summed E-state index contributed by atoms with van der Waals surface area (Å²) < 4.78 is 0. The zero-order chi connectivity index (χ0) is 16.5.